The topological polar surface area (TPSA) is 56.0 Å². The second-order valence-corrected chi connectivity index (χ2v) is 3.55. The second-order valence-electron chi connectivity index (χ2n) is 3.55. The zero-order chi connectivity index (χ0) is 15.3. The number of halogens is 3. The van der Waals surface area contributed by atoms with Crippen molar-refractivity contribution in [2.75, 3.05) is 0 Å². The van der Waals surface area contributed by atoms with Crippen LogP contribution in [0.3, 0.4) is 0 Å². The van der Waals surface area contributed by atoms with Gasteiger partial charge in [0.1, 0.15) is 0 Å². The molecule has 1 aromatic carbocycles. The van der Waals surface area contributed by atoms with Gasteiger partial charge in [-0.15, -0.1) is 0 Å². The first-order valence-corrected chi connectivity index (χ1v) is 5.90. The highest BCUT2D eigenvalue weighted by Crippen LogP contribution is 2.29. The maximum atomic E-state index is 12.2. The minimum Gasteiger partial charge on any atom is -0.329 e. The lowest BCUT2D eigenvalue weighted by molar-refractivity contribution is -0.159. The number of nitrogens with zero attached hydrogens (tertiary/aromatic N) is 2. The first-order valence-electron chi connectivity index (χ1n) is 5.90. The number of ketones is 1. The summed E-state index contributed by atoms with van der Waals surface area (Å²) in [6, 6.07) is 5.89. The van der Waals surface area contributed by atoms with Crippen molar-refractivity contribution in [3.05, 3.63) is 35.7 Å². The lowest BCUT2D eigenvalue weighted by Gasteiger charge is -1.97. The zero-order valence-corrected chi connectivity index (χ0v) is 11.2. The average Bonchev–Trinajstić information content (AvgIpc) is 2.91. The molecule has 0 N–H and O–H groups in total. The largest absolute Gasteiger partial charge is 0.471 e. The molecule has 0 atom stereocenters. The van der Waals surface area contributed by atoms with Gasteiger partial charge in [-0.1, -0.05) is 43.3 Å². The Labute approximate surface area is 113 Å². The van der Waals surface area contributed by atoms with Crippen molar-refractivity contribution in [3.8, 4) is 11.4 Å². The molecule has 0 saturated carbocycles. The highest BCUT2D eigenvalue weighted by molar-refractivity contribution is 5.94. The van der Waals surface area contributed by atoms with Gasteiger partial charge in [0.05, 0.1) is 0 Å². The summed E-state index contributed by atoms with van der Waals surface area (Å²) in [5.41, 5.74) is 0.803. The summed E-state index contributed by atoms with van der Waals surface area (Å²) >= 11 is 0. The molecule has 1 heterocycles. The molecular weight excluding hydrogens is 273 g/mol. The van der Waals surface area contributed by atoms with E-state index in [0.717, 1.165) is 0 Å². The molecule has 2 aromatic rings. The third-order valence-electron chi connectivity index (χ3n) is 2.22. The number of benzene rings is 1. The Morgan fingerprint density at radius 1 is 1.15 bits per heavy atom. The predicted molar refractivity (Wildman–Crippen MR) is 66.1 cm³/mol. The number of alkyl halides is 3. The smallest absolute Gasteiger partial charge is 0.329 e. The Bertz CT molecular complexity index is 574. The Morgan fingerprint density at radius 2 is 1.70 bits per heavy atom. The van der Waals surface area contributed by atoms with E-state index in [1.165, 1.54) is 31.2 Å². The zero-order valence-electron chi connectivity index (χ0n) is 11.2. The summed E-state index contributed by atoms with van der Waals surface area (Å²) in [5.74, 6) is -1.70. The van der Waals surface area contributed by atoms with Crippen LogP contribution in [0.25, 0.3) is 11.4 Å². The SMILES string of the molecule is CC.CC(=O)c1ccc(-c2noc(C(F)(F)F)n2)cc1. The molecule has 0 amide bonds. The summed E-state index contributed by atoms with van der Waals surface area (Å²) in [6.07, 6.45) is -4.66. The quantitative estimate of drug-likeness (QED) is 0.783. The van der Waals surface area contributed by atoms with Gasteiger partial charge >= 0.3 is 12.1 Å². The van der Waals surface area contributed by atoms with Crippen LogP contribution in [-0.4, -0.2) is 15.9 Å². The summed E-state index contributed by atoms with van der Waals surface area (Å²) in [6.45, 7) is 5.39. The minimum absolute atomic E-state index is 0.134. The summed E-state index contributed by atoms with van der Waals surface area (Å²) in [4.78, 5) is 14.3. The maximum absolute atomic E-state index is 12.2. The number of rotatable bonds is 2. The molecule has 0 fully saturated rings. The van der Waals surface area contributed by atoms with E-state index in [1.54, 1.807) is 0 Å². The van der Waals surface area contributed by atoms with Gasteiger partial charge in [-0.3, -0.25) is 4.79 Å². The van der Waals surface area contributed by atoms with Crippen LogP contribution in [0.4, 0.5) is 13.2 Å². The molecule has 2 rings (SSSR count). The molecule has 0 unspecified atom stereocenters. The number of carbonyl (C=O) groups excluding carboxylic acids is 1. The molecular formula is C13H13F3N2O2. The number of hydrogen-bond acceptors (Lipinski definition) is 4. The molecule has 0 aliphatic rings. The lowest BCUT2D eigenvalue weighted by atomic mass is 10.1. The van der Waals surface area contributed by atoms with E-state index in [2.05, 4.69) is 14.7 Å². The number of aromatic nitrogens is 2. The van der Waals surface area contributed by atoms with Crippen molar-refractivity contribution in [3.63, 3.8) is 0 Å². The van der Waals surface area contributed by atoms with Crippen LogP contribution in [0.15, 0.2) is 28.8 Å². The highest BCUT2D eigenvalue weighted by atomic mass is 19.4. The standard InChI is InChI=1S/C11H7F3N2O2.C2H6/c1-6(17)7-2-4-8(5-3-7)9-15-10(18-16-9)11(12,13)14;1-2/h2-5H,1H3;1-2H3. The van der Waals surface area contributed by atoms with Crippen molar-refractivity contribution < 1.29 is 22.5 Å². The van der Waals surface area contributed by atoms with Gasteiger partial charge in [0.2, 0.25) is 5.82 Å². The van der Waals surface area contributed by atoms with Crippen molar-refractivity contribution in [1.82, 2.24) is 10.1 Å². The van der Waals surface area contributed by atoms with Crippen LogP contribution >= 0.6 is 0 Å². The Kier molecular flexibility index (Phi) is 5.01. The van der Waals surface area contributed by atoms with Crippen molar-refractivity contribution in [2.24, 2.45) is 0 Å². The average molecular weight is 286 g/mol. The molecule has 0 aliphatic carbocycles. The number of carbonyl (C=O) groups is 1. The van der Waals surface area contributed by atoms with Crippen molar-refractivity contribution in [2.45, 2.75) is 26.9 Å². The van der Waals surface area contributed by atoms with E-state index in [9.17, 15) is 18.0 Å². The van der Waals surface area contributed by atoms with E-state index in [4.69, 9.17) is 0 Å². The Hall–Kier alpha value is -2.18. The van der Waals surface area contributed by atoms with E-state index < -0.39 is 12.1 Å². The number of hydrogen-bond donors (Lipinski definition) is 0. The van der Waals surface area contributed by atoms with E-state index >= 15 is 0 Å². The summed E-state index contributed by atoms with van der Waals surface area (Å²) in [5, 5.41) is 3.24. The van der Waals surface area contributed by atoms with E-state index in [-0.39, 0.29) is 11.6 Å². The second kappa shape index (κ2) is 6.31. The van der Waals surface area contributed by atoms with Gasteiger partial charge in [-0.25, -0.2) is 0 Å². The molecule has 0 radical (unpaired) electrons. The Balaban J connectivity index is 0.000000956. The molecule has 20 heavy (non-hydrogen) atoms. The predicted octanol–water partition coefficient (Wildman–Crippen LogP) is 3.98. The van der Waals surface area contributed by atoms with Crippen molar-refractivity contribution >= 4 is 5.78 Å². The molecule has 0 spiro atoms. The Morgan fingerprint density at radius 3 is 2.10 bits per heavy atom. The summed E-state index contributed by atoms with van der Waals surface area (Å²) in [7, 11) is 0. The molecule has 0 bridgehead atoms. The van der Waals surface area contributed by atoms with Gasteiger partial charge in [0, 0.05) is 11.1 Å². The molecule has 7 heteroatoms. The maximum Gasteiger partial charge on any atom is 0.471 e. The molecule has 4 nitrogen and oxygen atoms in total. The fourth-order valence-electron chi connectivity index (χ4n) is 1.31. The minimum atomic E-state index is -4.66. The summed E-state index contributed by atoms with van der Waals surface area (Å²) < 4.78 is 40.8. The van der Waals surface area contributed by atoms with Crippen LogP contribution in [0.2, 0.25) is 0 Å². The van der Waals surface area contributed by atoms with Gasteiger partial charge in [-0.05, 0) is 6.92 Å². The van der Waals surface area contributed by atoms with E-state index in [1.807, 2.05) is 13.8 Å². The fraction of sp³-hybridized carbons (Fsp3) is 0.308. The molecule has 0 aliphatic heterocycles. The molecule has 1 aromatic heterocycles. The van der Waals surface area contributed by atoms with E-state index in [0.29, 0.717) is 11.1 Å². The van der Waals surface area contributed by atoms with Gasteiger partial charge in [-0.2, -0.15) is 18.2 Å². The first kappa shape index (κ1) is 15.9. The van der Waals surface area contributed by atoms with Crippen molar-refractivity contribution in [1.29, 1.82) is 0 Å². The van der Waals surface area contributed by atoms with Gasteiger partial charge < -0.3 is 4.52 Å². The lowest BCUT2D eigenvalue weighted by Crippen LogP contribution is -2.04. The monoisotopic (exact) mass is 286 g/mol. The van der Waals surface area contributed by atoms with Crippen LogP contribution < -0.4 is 0 Å². The molecule has 0 saturated heterocycles. The third-order valence-corrected chi connectivity index (χ3v) is 2.22. The molecule has 108 valence electrons. The van der Waals surface area contributed by atoms with Crippen LogP contribution in [0, 0.1) is 0 Å². The highest BCUT2D eigenvalue weighted by Gasteiger charge is 2.38. The normalized spacial score (nSPS) is 10.7. The van der Waals surface area contributed by atoms with Crippen LogP contribution in [0.1, 0.15) is 37.0 Å². The van der Waals surface area contributed by atoms with Crippen LogP contribution in [0.5, 0.6) is 0 Å². The third kappa shape index (κ3) is 3.66. The van der Waals surface area contributed by atoms with Gasteiger partial charge in [0.25, 0.3) is 0 Å². The van der Waals surface area contributed by atoms with Crippen LogP contribution in [-0.2, 0) is 6.18 Å². The van der Waals surface area contributed by atoms with Gasteiger partial charge in [0.15, 0.2) is 5.78 Å². The fourth-order valence-corrected chi connectivity index (χ4v) is 1.31. The first-order chi connectivity index (χ1) is 9.38. The number of Topliss-reactive ketones (excluding diaryl/α,β-unsaturated/α-hetero) is 1.